The van der Waals surface area contributed by atoms with Gasteiger partial charge < -0.3 is 10.4 Å². The molecule has 0 aliphatic rings. The van der Waals surface area contributed by atoms with Crippen molar-refractivity contribution >= 4 is 40.8 Å². The monoisotopic (exact) mass is 289 g/mol. The van der Waals surface area contributed by atoms with E-state index < -0.39 is 11.4 Å². The second-order valence-electron chi connectivity index (χ2n) is 4.82. The molecule has 1 rings (SSSR count). The Morgan fingerprint density at radius 2 is 1.78 bits per heavy atom. The lowest BCUT2D eigenvalue weighted by atomic mass is 9.95. The van der Waals surface area contributed by atoms with Crippen molar-refractivity contribution in [3.63, 3.8) is 0 Å². The van der Waals surface area contributed by atoms with Gasteiger partial charge in [-0.15, -0.1) is 0 Å². The first-order chi connectivity index (χ1) is 8.12. The van der Waals surface area contributed by atoms with Gasteiger partial charge >= 0.3 is 5.97 Å². The number of aromatic carboxylic acids is 1. The minimum absolute atomic E-state index is 0.0634. The Balaban J connectivity index is 3.24. The van der Waals surface area contributed by atoms with Gasteiger partial charge in [0.15, 0.2) is 0 Å². The van der Waals surface area contributed by atoms with E-state index in [1.54, 1.807) is 20.8 Å². The van der Waals surface area contributed by atoms with Crippen molar-refractivity contribution in [2.24, 2.45) is 5.41 Å². The molecule has 0 heterocycles. The third-order valence-electron chi connectivity index (χ3n) is 2.21. The van der Waals surface area contributed by atoms with Crippen LogP contribution < -0.4 is 5.32 Å². The minimum atomic E-state index is -1.20. The Hall–Kier alpha value is -1.26. The van der Waals surface area contributed by atoms with E-state index >= 15 is 0 Å². The molecule has 0 atom stereocenters. The molecule has 1 amide bonds. The van der Waals surface area contributed by atoms with Crippen LogP contribution in [0.3, 0.4) is 0 Å². The molecule has 18 heavy (non-hydrogen) atoms. The van der Waals surface area contributed by atoms with E-state index in [9.17, 15) is 9.59 Å². The summed E-state index contributed by atoms with van der Waals surface area (Å²) >= 11 is 11.6. The van der Waals surface area contributed by atoms with E-state index in [0.717, 1.165) is 0 Å². The quantitative estimate of drug-likeness (QED) is 0.873. The summed E-state index contributed by atoms with van der Waals surface area (Å²) in [5.41, 5.74) is -0.725. The number of carboxylic acids is 1. The molecule has 98 valence electrons. The SMILES string of the molecule is CC(C)(C)C(=O)Nc1c(Cl)cc(Cl)cc1C(=O)O. The molecule has 6 heteroatoms. The molecule has 0 aliphatic carbocycles. The predicted octanol–water partition coefficient (Wildman–Crippen LogP) is 3.68. The fraction of sp³-hybridized carbons (Fsp3) is 0.333. The van der Waals surface area contributed by atoms with Gasteiger partial charge in [-0.05, 0) is 12.1 Å². The standard InChI is InChI=1S/C12H13Cl2NO3/c1-12(2,3)11(18)15-9-7(10(16)17)4-6(13)5-8(9)14/h4-5H,1-3H3,(H,15,18)(H,16,17). The van der Waals surface area contributed by atoms with Gasteiger partial charge in [0, 0.05) is 10.4 Å². The lowest BCUT2D eigenvalue weighted by Gasteiger charge is -2.19. The fourth-order valence-electron chi connectivity index (χ4n) is 1.17. The number of hydrogen-bond donors (Lipinski definition) is 2. The van der Waals surface area contributed by atoms with Gasteiger partial charge in [0.2, 0.25) is 5.91 Å². The lowest BCUT2D eigenvalue weighted by Crippen LogP contribution is -2.28. The first-order valence-corrected chi connectivity index (χ1v) is 5.92. The zero-order valence-electron chi connectivity index (χ0n) is 10.2. The number of nitrogens with one attached hydrogen (secondary N) is 1. The average molecular weight is 290 g/mol. The minimum Gasteiger partial charge on any atom is -0.478 e. The Bertz CT molecular complexity index is 507. The number of anilines is 1. The molecular formula is C12H13Cl2NO3. The highest BCUT2D eigenvalue weighted by molar-refractivity contribution is 6.37. The summed E-state index contributed by atoms with van der Waals surface area (Å²) in [6, 6.07) is 2.63. The molecule has 0 spiro atoms. The predicted molar refractivity (Wildman–Crippen MR) is 71.5 cm³/mol. The third-order valence-corrected chi connectivity index (χ3v) is 2.72. The number of hydrogen-bond acceptors (Lipinski definition) is 2. The van der Waals surface area contributed by atoms with E-state index in [2.05, 4.69) is 5.32 Å². The normalized spacial score (nSPS) is 11.2. The zero-order chi connectivity index (χ0) is 14.1. The van der Waals surface area contributed by atoms with Gasteiger partial charge in [0.05, 0.1) is 16.3 Å². The number of amides is 1. The van der Waals surface area contributed by atoms with Crippen LogP contribution in [0.5, 0.6) is 0 Å². The number of rotatable bonds is 2. The van der Waals surface area contributed by atoms with Crippen LogP contribution >= 0.6 is 23.2 Å². The van der Waals surface area contributed by atoms with Crippen LogP contribution in [-0.2, 0) is 4.79 Å². The number of carbonyl (C=O) groups excluding carboxylic acids is 1. The number of halogens is 2. The lowest BCUT2D eigenvalue weighted by molar-refractivity contribution is -0.123. The van der Waals surface area contributed by atoms with E-state index in [0.29, 0.717) is 0 Å². The fourth-order valence-corrected chi connectivity index (χ4v) is 1.71. The van der Waals surface area contributed by atoms with Crippen molar-refractivity contribution < 1.29 is 14.7 Å². The number of benzene rings is 1. The van der Waals surface area contributed by atoms with E-state index in [1.165, 1.54) is 12.1 Å². The van der Waals surface area contributed by atoms with Crippen molar-refractivity contribution in [1.82, 2.24) is 0 Å². The molecule has 0 aliphatic heterocycles. The van der Waals surface area contributed by atoms with E-state index in [4.69, 9.17) is 28.3 Å². The third kappa shape index (κ3) is 3.37. The molecule has 0 aromatic heterocycles. The van der Waals surface area contributed by atoms with Gasteiger partial charge in [-0.2, -0.15) is 0 Å². The summed E-state index contributed by atoms with van der Waals surface area (Å²) in [6.45, 7) is 5.14. The Labute approximate surface area is 115 Å². The molecule has 0 radical (unpaired) electrons. The van der Waals surface area contributed by atoms with E-state index in [1.807, 2.05) is 0 Å². The second-order valence-corrected chi connectivity index (χ2v) is 5.66. The number of carbonyl (C=O) groups is 2. The highest BCUT2D eigenvalue weighted by Gasteiger charge is 2.24. The summed E-state index contributed by atoms with van der Waals surface area (Å²) in [5.74, 6) is -1.53. The Morgan fingerprint density at radius 3 is 2.22 bits per heavy atom. The zero-order valence-corrected chi connectivity index (χ0v) is 11.7. The molecule has 2 N–H and O–H groups in total. The molecule has 1 aromatic rings. The first-order valence-electron chi connectivity index (χ1n) is 5.16. The van der Waals surface area contributed by atoms with Gasteiger partial charge in [0.1, 0.15) is 0 Å². The maximum Gasteiger partial charge on any atom is 0.337 e. The molecule has 0 saturated carbocycles. The molecule has 0 saturated heterocycles. The smallest absolute Gasteiger partial charge is 0.337 e. The molecule has 1 aromatic carbocycles. The average Bonchev–Trinajstić information content (AvgIpc) is 2.19. The summed E-state index contributed by atoms with van der Waals surface area (Å²) in [6.07, 6.45) is 0. The largest absolute Gasteiger partial charge is 0.478 e. The van der Waals surface area contributed by atoms with Crippen molar-refractivity contribution in [2.45, 2.75) is 20.8 Å². The maximum atomic E-state index is 11.9. The highest BCUT2D eigenvalue weighted by Crippen LogP contribution is 2.31. The van der Waals surface area contributed by atoms with Crippen molar-refractivity contribution in [3.8, 4) is 0 Å². The Kier molecular flexibility index (Phi) is 4.24. The van der Waals surface area contributed by atoms with Crippen LogP contribution in [0.4, 0.5) is 5.69 Å². The van der Waals surface area contributed by atoms with Crippen molar-refractivity contribution in [3.05, 3.63) is 27.7 Å². The summed E-state index contributed by atoms with van der Waals surface area (Å²) in [5, 5.41) is 11.9. The van der Waals surface area contributed by atoms with Crippen molar-refractivity contribution in [2.75, 3.05) is 5.32 Å². The van der Waals surface area contributed by atoms with Crippen LogP contribution in [0, 0.1) is 5.41 Å². The molecular weight excluding hydrogens is 277 g/mol. The maximum absolute atomic E-state index is 11.9. The van der Waals surface area contributed by atoms with Crippen LogP contribution in [0.2, 0.25) is 10.0 Å². The van der Waals surface area contributed by atoms with Gasteiger partial charge in [0.25, 0.3) is 0 Å². The summed E-state index contributed by atoms with van der Waals surface area (Å²) in [7, 11) is 0. The van der Waals surface area contributed by atoms with Crippen LogP contribution in [0.25, 0.3) is 0 Å². The molecule has 0 unspecified atom stereocenters. The van der Waals surface area contributed by atoms with E-state index in [-0.39, 0.29) is 27.2 Å². The topological polar surface area (TPSA) is 66.4 Å². The highest BCUT2D eigenvalue weighted by atomic mass is 35.5. The van der Waals surface area contributed by atoms with Crippen LogP contribution in [0.1, 0.15) is 31.1 Å². The van der Waals surface area contributed by atoms with Crippen LogP contribution in [-0.4, -0.2) is 17.0 Å². The molecule has 4 nitrogen and oxygen atoms in total. The summed E-state index contributed by atoms with van der Waals surface area (Å²) in [4.78, 5) is 22.9. The van der Waals surface area contributed by atoms with Gasteiger partial charge in [-0.3, -0.25) is 4.79 Å². The van der Waals surface area contributed by atoms with Gasteiger partial charge in [-0.1, -0.05) is 44.0 Å². The van der Waals surface area contributed by atoms with Crippen LogP contribution in [0.15, 0.2) is 12.1 Å². The van der Waals surface area contributed by atoms with Crippen molar-refractivity contribution in [1.29, 1.82) is 0 Å². The summed E-state index contributed by atoms with van der Waals surface area (Å²) < 4.78 is 0. The first kappa shape index (κ1) is 14.8. The van der Waals surface area contributed by atoms with Gasteiger partial charge in [-0.25, -0.2) is 4.79 Å². The Morgan fingerprint density at radius 1 is 1.22 bits per heavy atom. The second kappa shape index (κ2) is 5.16. The number of carboxylic acid groups (broad SMARTS) is 1. The molecule has 0 fully saturated rings. The molecule has 0 bridgehead atoms.